The highest BCUT2D eigenvalue weighted by atomic mass is 16.2. The van der Waals surface area contributed by atoms with Crippen molar-refractivity contribution in [2.45, 2.75) is 31.1 Å². The van der Waals surface area contributed by atoms with E-state index in [2.05, 4.69) is 29.2 Å². The van der Waals surface area contributed by atoms with Crippen molar-refractivity contribution in [3.8, 4) is 0 Å². The van der Waals surface area contributed by atoms with Gasteiger partial charge in [-0.05, 0) is 30.4 Å². The molecule has 1 amide bonds. The van der Waals surface area contributed by atoms with E-state index in [1.165, 1.54) is 17.5 Å². The van der Waals surface area contributed by atoms with Gasteiger partial charge in [0.05, 0.1) is 0 Å². The molecule has 1 aromatic rings. The van der Waals surface area contributed by atoms with Crippen LogP contribution in [0.2, 0.25) is 0 Å². The molecule has 1 aliphatic heterocycles. The zero-order valence-corrected chi connectivity index (χ0v) is 9.93. The minimum Gasteiger partial charge on any atom is -0.341 e. The topological polar surface area (TPSA) is 20.3 Å². The summed E-state index contributed by atoms with van der Waals surface area (Å²) in [4.78, 5) is 14.3. The minimum atomic E-state index is 0.371. The minimum absolute atomic E-state index is 0.371. The van der Waals surface area contributed by atoms with E-state index in [9.17, 15) is 4.79 Å². The Morgan fingerprint density at radius 2 is 1.65 bits per heavy atom. The number of hydrogen-bond donors (Lipinski definition) is 0. The van der Waals surface area contributed by atoms with Crippen molar-refractivity contribution in [2.24, 2.45) is 5.92 Å². The van der Waals surface area contributed by atoms with Gasteiger partial charge in [0, 0.05) is 30.8 Å². The molecule has 0 aromatic heterocycles. The molecule has 88 valence electrons. The van der Waals surface area contributed by atoms with E-state index in [1.807, 2.05) is 0 Å². The fraction of sp³-hybridized carbons (Fsp3) is 0.533. The zero-order chi connectivity index (χ0) is 11.4. The number of amides is 1. The van der Waals surface area contributed by atoms with Crippen LogP contribution in [0.15, 0.2) is 24.3 Å². The van der Waals surface area contributed by atoms with Crippen molar-refractivity contribution in [3.05, 3.63) is 35.4 Å². The van der Waals surface area contributed by atoms with Crippen molar-refractivity contribution in [3.63, 3.8) is 0 Å². The third kappa shape index (κ3) is 1.43. The zero-order valence-electron chi connectivity index (χ0n) is 9.93. The summed E-state index contributed by atoms with van der Waals surface area (Å²) in [6.07, 6.45) is 3.50. The van der Waals surface area contributed by atoms with Crippen LogP contribution in [-0.4, -0.2) is 23.9 Å². The Morgan fingerprint density at radius 3 is 2.18 bits per heavy atom. The molecule has 2 aliphatic carbocycles. The molecule has 2 fully saturated rings. The van der Waals surface area contributed by atoms with Crippen LogP contribution in [0.1, 0.15) is 42.2 Å². The van der Waals surface area contributed by atoms with Gasteiger partial charge in [-0.15, -0.1) is 0 Å². The Balaban J connectivity index is 1.63. The molecule has 4 rings (SSSR count). The molecule has 1 saturated heterocycles. The number of likely N-dealkylation sites (tertiary alicyclic amines) is 1. The highest BCUT2D eigenvalue weighted by Crippen LogP contribution is 2.46. The van der Waals surface area contributed by atoms with Gasteiger partial charge in [-0.1, -0.05) is 24.3 Å². The molecule has 3 aliphatic rings. The molecule has 2 atom stereocenters. The highest BCUT2D eigenvalue weighted by Gasteiger charge is 2.42. The van der Waals surface area contributed by atoms with Gasteiger partial charge < -0.3 is 4.90 Å². The number of piperidine rings is 1. The first-order valence-electron chi connectivity index (χ1n) is 6.70. The van der Waals surface area contributed by atoms with Gasteiger partial charge >= 0.3 is 0 Å². The third-order valence-corrected chi connectivity index (χ3v) is 4.56. The van der Waals surface area contributed by atoms with E-state index < -0.39 is 0 Å². The maximum absolute atomic E-state index is 12.2. The molecule has 1 aromatic carbocycles. The molecule has 1 heterocycles. The molecule has 2 heteroatoms. The molecule has 17 heavy (non-hydrogen) atoms. The number of carbonyl (C=O) groups excluding carboxylic acids is 1. The summed E-state index contributed by atoms with van der Waals surface area (Å²) in [6.45, 7) is 1.92. The summed E-state index contributed by atoms with van der Waals surface area (Å²) >= 11 is 0. The summed E-state index contributed by atoms with van der Waals surface area (Å²) in [5.74, 6) is 2.00. The Hall–Kier alpha value is -1.31. The number of carbonyl (C=O) groups is 1. The maximum atomic E-state index is 12.2. The molecule has 0 N–H and O–H groups in total. The first-order chi connectivity index (χ1) is 8.33. The second kappa shape index (κ2) is 3.34. The number of fused-ring (bicyclic) bond motifs is 5. The Labute approximate surface area is 102 Å². The number of benzene rings is 1. The van der Waals surface area contributed by atoms with E-state index in [-0.39, 0.29) is 0 Å². The predicted molar refractivity (Wildman–Crippen MR) is 65.8 cm³/mol. The van der Waals surface area contributed by atoms with Gasteiger partial charge in [-0.25, -0.2) is 0 Å². The predicted octanol–water partition coefficient (Wildman–Crippen LogP) is 2.51. The van der Waals surface area contributed by atoms with Crippen LogP contribution in [0.3, 0.4) is 0 Å². The molecule has 2 bridgehead atoms. The monoisotopic (exact) mass is 227 g/mol. The van der Waals surface area contributed by atoms with Crippen LogP contribution in [0, 0.1) is 5.92 Å². The second-order valence-electron chi connectivity index (χ2n) is 5.78. The van der Waals surface area contributed by atoms with Crippen LogP contribution >= 0.6 is 0 Å². The summed E-state index contributed by atoms with van der Waals surface area (Å²) < 4.78 is 0. The van der Waals surface area contributed by atoms with Gasteiger partial charge in [-0.3, -0.25) is 4.79 Å². The fourth-order valence-electron chi connectivity index (χ4n) is 3.57. The normalized spacial score (nSPS) is 30.2. The molecule has 1 saturated carbocycles. The van der Waals surface area contributed by atoms with E-state index in [0.29, 0.717) is 23.7 Å². The van der Waals surface area contributed by atoms with E-state index in [0.717, 1.165) is 25.9 Å². The lowest BCUT2D eigenvalue weighted by Gasteiger charge is -2.32. The van der Waals surface area contributed by atoms with Gasteiger partial charge in [0.25, 0.3) is 0 Å². The van der Waals surface area contributed by atoms with Crippen molar-refractivity contribution in [1.82, 2.24) is 4.90 Å². The number of hydrogen-bond acceptors (Lipinski definition) is 1. The average molecular weight is 227 g/mol. The van der Waals surface area contributed by atoms with E-state index in [1.54, 1.807) is 0 Å². The Bertz CT molecular complexity index is 447. The first-order valence-corrected chi connectivity index (χ1v) is 6.70. The maximum Gasteiger partial charge on any atom is 0.225 e. The summed E-state index contributed by atoms with van der Waals surface area (Å²) in [5, 5.41) is 0. The molecule has 0 spiro atoms. The summed E-state index contributed by atoms with van der Waals surface area (Å²) in [6, 6.07) is 8.77. The second-order valence-corrected chi connectivity index (χ2v) is 5.78. The molecule has 0 unspecified atom stereocenters. The van der Waals surface area contributed by atoms with Crippen LogP contribution < -0.4 is 0 Å². The number of nitrogens with zero attached hydrogens (tertiary/aromatic N) is 1. The van der Waals surface area contributed by atoms with Crippen LogP contribution in [0.4, 0.5) is 0 Å². The number of rotatable bonds is 1. The molecule has 0 radical (unpaired) electrons. The lowest BCUT2D eigenvalue weighted by Crippen LogP contribution is -2.40. The average Bonchev–Trinajstić information content (AvgIpc) is 3.18. The molecule has 2 nitrogen and oxygen atoms in total. The van der Waals surface area contributed by atoms with Crippen LogP contribution in [0.25, 0.3) is 0 Å². The lowest BCUT2D eigenvalue weighted by atomic mass is 9.95. The first kappa shape index (κ1) is 9.69. The smallest absolute Gasteiger partial charge is 0.225 e. The Morgan fingerprint density at radius 1 is 1.06 bits per heavy atom. The summed E-state index contributed by atoms with van der Waals surface area (Å²) in [5.41, 5.74) is 3.01. The molecular weight excluding hydrogens is 210 g/mol. The van der Waals surface area contributed by atoms with E-state index >= 15 is 0 Å². The SMILES string of the molecule is O=C(C1CC1)N1C[C@H]2C[C@@H](C1)c1ccccc12. The van der Waals surface area contributed by atoms with E-state index in [4.69, 9.17) is 0 Å². The molecular formula is C15H17NO. The summed E-state index contributed by atoms with van der Waals surface area (Å²) in [7, 11) is 0. The largest absolute Gasteiger partial charge is 0.341 e. The van der Waals surface area contributed by atoms with Crippen LogP contribution in [-0.2, 0) is 4.79 Å². The van der Waals surface area contributed by atoms with Gasteiger partial charge in [-0.2, -0.15) is 0 Å². The Kier molecular flexibility index (Phi) is 1.91. The standard InChI is InChI=1S/C15H17NO/c17-15(10-5-6-10)16-8-11-7-12(9-16)14-4-2-1-3-13(11)14/h1-4,10-12H,5-9H2/t11-,12+. The van der Waals surface area contributed by atoms with Crippen molar-refractivity contribution < 1.29 is 4.79 Å². The van der Waals surface area contributed by atoms with Gasteiger partial charge in [0.1, 0.15) is 0 Å². The van der Waals surface area contributed by atoms with Crippen molar-refractivity contribution in [2.75, 3.05) is 13.1 Å². The van der Waals surface area contributed by atoms with Crippen molar-refractivity contribution in [1.29, 1.82) is 0 Å². The van der Waals surface area contributed by atoms with Crippen molar-refractivity contribution >= 4 is 5.91 Å². The third-order valence-electron chi connectivity index (χ3n) is 4.56. The van der Waals surface area contributed by atoms with Gasteiger partial charge in [0.2, 0.25) is 5.91 Å². The van der Waals surface area contributed by atoms with Gasteiger partial charge in [0.15, 0.2) is 0 Å². The quantitative estimate of drug-likeness (QED) is 0.722. The fourth-order valence-corrected chi connectivity index (χ4v) is 3.57. The van der Waals surface area contributed by atoms with Crippen LogP contribution in [0.5, 0.6) is 0 Å². The lowest BCUT2D eigenvalue weighted by molar-refractivity contribution is -0.133. The highest BCUT2D eigenvalue weighted by molar-refractivity contribution is 5.81.